The van der Waals surface area contributed by atoms with Crippen molar-refractivity contribution in [1.29, 1.82) is 0 Å². The van der Waals surface area contributed by atoms with Crippen molar-refractivity contribution in [3.63, 3.8) is 0 Å². The van der Waals surface area contributed by atoms with Crippen molar-refractivity contribution in [2.75, 3.05) is 20.1 Å². The molecule has 1 fully saturated rings. The predicted octanol–water partition coefficient (Wildman–Crippen LogP) is 1.62. The van der Waals surface area contributed by atoms with Gasteiger partial charge in [0.15, 0.2) is 0 Å². The Kier molecular flexibility index (Phi) is 4.74. The summed E-state index contributed by atoms with van der Waals surface area (Å²) in [6.45, 7) is 6.94. The molecule has 0 aromatic carbocycles. The normalized spacial score (nSPS) is 20.3. The molecule has 1 unspecified atom stereocenters. The molecule has 2 nitrogen and oxygen atoms in total. The average molecular weight is 184 g/mol. The molecule has 1 saturated carbocycles. The van der Waals surface area contributed by atoms with Crippen LogP contribution in [0.5, 0.6) is 0 Å². The maximum absolute atomic E-state index is 3.65. The zero-order valence-electron chi connectivity index (χ0n) is 9.27. The Hall–Kier alpha value is -0.0800. The van der Waals surface area contributed by atoms with Crippen LogP contribution in [0.1, 0.15) is 33.1 Å². The Labute approximate surface area is 82.5 Å². The molecule has 2 N–H and O–H groups in total. The van der Waals surface area contributed by atoms with Gasteiger partial charge in [0.25, 0.3) is 0 Å². The summed E-state index contributed by atoms with van der Waals surface area (Å²) in [4.78, 5) is 0. The molecular formula is C11H24N2. The summed E-state index contributed by atoms with van der Waals surface area (Å²) >= 11 is 0. The molecule has 0 spiro atoms. The van der Waals surface area contributed by atoms with E-state index in [4.69, 9.17) is 0 Å². The highest BCUT2D eigenvalue weighted by molar-refractivity contribution is 4.78. The molecule has 1 aliphatic carbocycles. The lowest BCUT2D eigenvalue weighted by molar-refractivity contribution is 0.283. The highest BCUT2D eigenvalue weighted by Crippen LogP contribution is 2.19. The summed E-state index contributed by atoms with van der Waals surface area (Å²) < 4.78 is 0. The first-order valence-corrected chi connectivity index (χ1v) is 5.62. The van der Waals surface area contributed by atoms with Crippen molar-refractivity contribution in [3.8, 4) is 0 Å². The fraction of sp³-hybridized carbons (Fsp3) is 1.00. The van der Waals surface area contributed by atoms with E-state index >= 15 is 0 Å². The summed E-state index contributed by atoms with van der Waals surface area (Å²) in [5, 5.41) is 6.91. The Morgan fingerprint density at radius 1 is 1.23 bits per heavy atom. The summed E-state index contributed by atoms with van der Waals surface area (Å²) in [6.07, 6.45) is 4.21. The average Bonchev–Trinajstić information content (AvgIpc) is 1.99. The number of hydrogen-bond acceptors (Lipinski definition) is 2. The van der Waals surface area contributed by atoms with Crippen LogP contribution in [-0.2, 0) is 0 Å². The summed E-state index contributed by atoms with van der Waals surface area (Å²) in [5.41, 5.74) is 0. The van der Waals surface area contributed by atoms with E-state index in [1.165, 1.54) is 25.8 Å². The van der Waals surface area contributed by atoms with Crippen LogP contribution in [0.4, 0.5) is 0 Å². The smallest absolute Gasteiger partial charge is 0.00672 e. The minimum atomic E-state index is 0.778. The molecule has 0 aromatic heterocycles. The lowest BCUT2D eigenvalue weighted by atomic mass is 9.90. The van der Waals surface area contributed by atoms with Crippen molar-refractivity contribution < 1.29 is 0 Å². The Morgan fingerprint density at radius 3 is 2.31 bits per heavy atom. The maximum Gasteiger partial charge on any atom is 0.00672 e. The standard InChI is InChI=1S/C11H24N2/c1-9(2)10(7-12-3)8-13-11-5-4-6-11/h9-13H,4-8H2,1-3H3. The second kappa shape index (κ2) is 5.61. The molecule has 0 aliphatic heterocycles. The van der Waals surface area contributed by atoms with Gasteiger partial charge in [-0.2, -0.15) is 0 Å². The maximum atomic E-state index is 3.65. The zero-order chi connectivity index (χ0) is 9.68. The third-order valence-electron chi connectivity index (χ3n) is 3.18. The Bertz CT molecular complexity index is 130. The lowest BCUT2D eigenvalue weighted by Gasteiger charge is -2.30. The molecular weight excluding hydrogens is 160 g/mol. The highest BCUT2D eigenvalue weighted by Gasteiger charge is 2.19. The summed E-state index contributed by atoms with van der Waals surface area (Å²) in [5.74, 6) is 1.56. The second-order valence-corrected chi connectivity index (χ2v) is 4.60. The number of hydrogen-bond donors (Lipinski definition) is 2. The molecule has 0 amide bonds. The fourth-order valence-electron chi connectivity index (χ4n) is 1.74. The third kappa shape index (κ3) is 3.65. The van der Waals surface area contributed by atoms with Crippen LogP contribution in [0.3, 0.4) is 0 Å². The van der Waals surface area contributed by atoms with Crippen molar-refractivity contribution in [1.82, 2.24) is 10.6 Å². The van der Waals surface area contributed by atoms with E-state index in [0.717, 1.165) is 24.4 Å². The van der Waals surface area contributed by atoms with Crippen molar-refractivity contribution >= 4 is 0 Å². The molecule has 0 radical (unpaired) electrons. The van der Waals surface area contributed by atoms with Gasteiger partial charge in [0.1, 0.15) is 0 Å². The molecule has 0 aromatic rings. The molecule has 0 heterocycles. The zero-order valence-corrected chi connectivity index (χ0v) is 9.27. The van der Waals surface area contributed by atoms with Gasteiger partial charge in [0.2, 0.25) is 0 Å². The molecule has 1 rings (SSSR count). The van der Waals surface area contributed by atoms with E-state index in [1.807, 2.05) is 7.05 Å². The van der Waals surface area contributed by atoms with E-state index in [2.05, 4.69) is 24.5 Å². The van der Waals surface area contributed by atoms with E-state index in [9.17, 15) is 0 Å². The van der Waals surface area contributed by atoms with Crippen LogP contribution < -0.4 is 10.6 Å². The largest absolute Gasteiger partial charge is 0.319 e. The van der Waals surface area contributed by atoms with Crippen LogP contribution in [0.15, 0.2) is 0 Å². The van der Waals surface area contributed by atoms with Crippen LogP contribution in [0.25, 0.3) is 0 Å². The van der Waals surface area contributed by atoms with Crippen molar-refractivity contribution in [2.45, 2.75) is 39.2 Å². The third-order valence-corrected chi connectivity index (χ3v) is 3.18. The monoisotopic (exact) mass is 184 g/mol. The minimum Gasteiger partial charge on any atom is -0.319 e. The van der Waals surface area contributed by atoms with Crippen LogP contribution in [-0.4, -0.2) is 26.2 Å². The molecule has 1 aliphatic rings. The van der Waals surface area contributed by atoms with Gasteiger partial charge in [-0.05, 0) is 44.8 Å². The number of nitrogens with one attached hydrogen (secondary N) is 2. The highest BCUT2D eigenvalue weighted by atomic mass is 14.9. The van der Waals surface area contributed by atoms with Gasteiger partial charge in [0.05, 0.1) is 0 Å². The summed E-state index contributed by atoms with van der Waals surface area (Å²) in [6, 6.07) is 0.832. The number of rotatable bonds is 6. The Balaban J connectivity index is 2.12. The minimum absolute atomic E-state index is 0.778. The first kappa shape index (κ1) is 11.0. The van der Waals surface area contributed by atoms with Gasteiger partial charge in [0, 0.05) is 6.04 Å². The summed E-state index contributed by atoms with van der Waals surface area (Å²) in [7, 11) is 2.04. The molecule has 0 bridgehead atoms. The van der Waals surface area contributed by atoms with E-state index < -0.39 is 0 Å². The molecule has 78 valence electrons. The van der Waals surface area contributed by atoms with E-state index in [0.29, 0.717) is 0 Å². The molecule has 13 heavy (non-hydrogen) atoms. The topological polar surface area (TPSA) is 24.1 Å². The quantitative estimate of drug-likeness (QED) is 0.655. The molecule has 0 saturated heterocycles. The molecule has 2 heteroatoms. The fourth-order valence-corrected chi connectivity index (χ4v) is 1.74. The second-order valence-electron chi connectivity index (χ2n) is 4.60. The van der Waals surface area contributed by atoms with E-state index in [1.54, 1.807) is 0 Å². The van der Waals surface area contributed by atoms with Gasteiger partial charge >= 0.3 is 0 Å². The van der Waals surface area contributed by atoms with Gasteiger partial charge in [-0.3, -0.25) is 0 Å². The first-order chi connectivity index (χ1) is 6.24. The van der Waals surface area contributed by atoms with Gasteiger partial charge in [-0.25, -0.2) is 0 Å². The van der Waals surface area contributed by atoms with Gasteiger partial charge < -0.3 is 10.6 Å². The van der Waals surface area contributed by atoms with Crippen LogP contribution >= 0.6 is 0 Å². The molecule has 1 atom stereocenters. The van der Waals surface area contributed by atoms with Crippen molar-refractivity contribution in [2.24, 2.45) is 11.8 Å². The SMILES string of the molecule is CNCC(CNC1CCC1)C(C)C. The Morgan fingerprint density at radius 2 is 1.92 bits per heavy atom. The first-order valence-electron chi connectivity index (χ1n) is 5.62. The van der Waals surface area contributed by atoms with Crippen LogP contribution in [0.2, 0.25) is 0 Å². The van der Waals surface area contributed by atoms with Crippen molar-refractivity contribution in [3.05, 3.63) is 0 Å². The van der Waals surface area contributed by atoms with Crippen LogP contribution in [0, 0.1) is 11.8 Å². The van der Waals surface area contributed by atoms with Gasteiger partial charge in [-0.15, -0.1) is 0 Å². The van der Waals surface area contributed by atoms with E-state index in [-0.39, 0.29) is 0 Å². The van der Waals surface area contributed by atoms with Gasteiger partial charge in [-0.1, -0.05) is 20.3 Å². The lowest BCUT2D eigenvalue weighted by Crippen LogP contribution is -2.41. The predicted molar refractivity (Wildman–Crippen MR) is 57.9 cm³/mol.